The number of amides is 1. The molecule has 1 amide bonds. The summed E-state index contributed by atoms with van der Waals surface area (Å²) in [6.07, 6.45) is 1.07. The van der Waals surface area contributed by atoms with Gasteiger partial charge in [0.1, 0.15) is 5.69 Å². The fourth-order valence-electron chi connectivity index (χ4n) is 3.69. The van der Waals surface area contributed by atoms with E-state index in [0.717, 1.165) is 5.69 Å². The molecule has 0 aliphatic heterocycles. The smallest absolute Gasteiger partial charge is 0.355 e. The van der Waals surface area contributed by atoms with E-state index in [1.807, 2.05) is 39.2 Å². The van der Waals surface area contributed by atoms with Crippen LogP contribution in [-0.2, 0) is 20.8 Å². The van der Waals surface area contributed by atoms with Crippen molar-refractivity contribution < 1.29 is 23.9 Å². The lowest BCUT2D eigenvalue weighted by Gasteiger charge is -2.23. The first-order valence-electron chi connectivity index (χ1n) is 10.9. The molecule has 1 aromatic heterocycles. The summed E-state index contributed by atoms with van der Waals surface area (Å²) in [6, 6.07) is 0. The summed E-state index contributed by atoms with van der Waals surface area (Å²) < 4.78 is 12.4. The van der Waals surface area contributed by atoms with E-state index in [2.05, 4.69) is 0 Å². The molecule has 0 N–H and O–H groups in total. The van der Waals surface area contributed by atoms with E-state index in [4.69, 9.17) is 9.47 Å². The van der Waals surface area contributed by atoms with Gasteiger partial charge in [-0.2, -0.15) is 0 Å². The van der Waals surface area contributed by atoms with Crippen LogP contribution >= 0.6 is 0 Å². The third-order valence-corrected chi connectivity index (χ3v) is 5.02. The summed E-state index contributed by atoms with van der Waals surface area (Å²) in [5.41, 5.74) is 2.26. The molecule has 30 heavy (non-hydrogen) atoms. The van der Waals surface area contributed by atoms with E-state index in [9.17, 15) is 14.4 Å². The number of Topliss-reactive ketones (excluding diaryl/α,β-unsaturated/α-hetero) is 1. The maximum atomic E-state index is 13.2. The molecule has 0 radical (unpaired) electrons. The highest BCUT2D eigenvalue weighted by molar-refractivity contribution is 6.04. The van der Waals surface area contributed by atoms with Crippen molar-refractivity contribution in [2.24, 2.45) is 5.92 Å². The molecule has 0 fully saturated rings. The third-order valence-electron chi connectivity index (χ3n) is 5.02. The van der Waals surface area contributed by atoms with Crippen LogP contribution in [0.15, 0.2) is 0 Å². The molecule has 0 aliphatic carbocycles. The number of carbonyl (C=O) groups is 3. The Hall–Kier alpha value is -2.15. The number of hydrogen-bond acceptors (Lipinski definition) is 5. The van der Waals surface area contributed by atoms with Crippen molar-refractivity contribution in [3.63, 3.8) is 0 Å². The number of rotatable bonds is 13. The quantitative estimate of drug-likeness (QED) is 0.275. The van der Waals surface area contributed by atoms with Gasteiger partial charge in [0.25, 0.3) is 0 Å². The van der Waals surface area contributed by atoms with Gasteiger partial charge in [0.05, 0.1) is 13.2 Å². The summed E-state index contributed by atoms with van der Waals surface area (Å²) in [6.45, 7) is 15.6. The molecule has 1 aromatic rings. The summed E-state index contributed by atoms with van der Waals surface area (Å²) in [4.78, 5) is 40.1. The number of ether oxygens (including phenoxy) is 2. The second kappa shape index (κ2) is 12.5. The van der Waals surface area contributed by atoms with Crippen molar-refractivity contribution in [1.82, 2.24) is 9.47 Å². The van der Waals surface area contributed by atoms with Crippen LogP contribution < -0.4 is 0 Å². The van der Waals surface area contributed by atoms with E-state index >= 15 is 0 Å². The van der Waals surface area contributed by atoms with Crippen LogP contribution in [0.1, 0.15) is 79.6 Å². The third kappa shape index (κ3) is 6.69. The minimum Gasteiger partial charge on any atom is -0.461 e. The highest BCUT2D eigenvalue weighted by Gasteiger charge is 2.28. The van der Waals surface area contributed by atoms with Crippen molar-refractivity contribution in [2.45, 2.75) is 67.9 Å². The van der Waals surface area contributed by atoms with Crippen molar-refractivity contribution in [3.05, 3.63) is 22.5 Å². The van der Waals surface area contributed by atoms with Crippen LogP contribution in [0.4, 0.5) is 0 Å². The van der Waals surface area contributed by atoms with Crippen LogP contribution in [0.2, 0.25) is 0 Å². The molecule has 0 bridgehead atoms. The molecule has 0 unspecified atom stereocenters. The molecule has 1 heterocycles. The Balaban J connectivity index is 3.15. The fraction of sp³-hybridized carbons (Fsp3) is 0.696. The molecule has 1 rings (SSSR count). The molecule has 0 aliphatic rings. The largest absolute Gasteiger partial charge is 0.461 e. The predicted octanol–water partition coefficient (Wildman–Crippen LogP) is 3.79. The van der Waals surface area contributed by atoms with Gasteiger partial charge in [-0.25, -0.2) is 4.79 Å². The highest BCUT2D eigenvalue weighted by atomic mass is 16.5. The first-order chi connectivity index (χ1) is 14.2. The van der Waals surface area contributed by atoms with E-state index in [1.54, 1.807) is 18.7 Å². The average molecular weight is 423 g/mol. The van der Waals surface area contributed by atoms with Gasteiger partial charge in [0.2, 0.25) is 5.91 Å². The second-order valence-corrected chi connectivity index (χ2v) is 7.79. The summed E-state index contributed by atoms with van der Waals surface area (Å²) in [5, 5.41) is 0. The topological polar surface area (TPSA) is 77.8 Å². The van der Waals surface area contributed by atoms with Crippen LogP contribution in [0, 0.1) is 19.8 Å². The minimum atomic E-state index is -0.427. The lowest BCUT2D eigenvalue weighted by molar-refractivity contribution is -0.131. The molecule has 7 nitrogen and oxygen atoms in total. The highest BCUT2D eigenvalue weighted by Crippen LogP contribution is 2.24. The van der Waals surface area contributed by atoms with Gasteiger partial charge in [-0.05, 0) is 52.5 Å². The number of esters is 1. The molecule has 0 saturated carbocycles. The second-order valence-electron chi connectivity index (χ2n) is 7.79. The van der Waals surface area contributed by atoms with Gasteiger partial charge < -0.3 is 18.9 Å². The van der Waals surface area contributed by atoms with Crippen LogP contribution in [0.5, 0.6) is 0 Å². The summed E-state index contributed by atoms with van der Waals surface area (Å²) >= 11 is 0. The van der Waals surface area contributed by atoms with Crippen LogP contribution in [-0.4, -0.2) is 60.0 Å². The molecule has 7 heteroatoms. The zero-order valence-corrected chi connectivity index (χ0v) is 19.7. The van der Waals surface area contributed by atoms with E-state index in [-0.39, 0.29) is 30.8 Å². The van der Waals surface area contributed by atoms with Gasteiger partial charge in [0.15, 0.2) is 5.78 Å². The number of ketones is 1. The molecular weight excluding hydrogens is 384 g/mol. The van der Waals surface area contributed by atoms with Gasteiger partial charge in [-0.15, -0.1) is 0 Å². The summed E-state index contributed by atoms with van der Waals surface area (Å²) in [7, 11) is 0. The van der Waals surface area contributed by atoms with Crippen molar-refractivity contribution in [3.8, 4) is 0 Å². The minimum absolute atomic E-state index is 0.00461. The first-order valence-corrected chi connectivity index (χ1v) is 10.9. The zero-order chi connectivity index (χ0) is 22.8. The maximum Gasteiger partial charge on any atom is 0.355 e. The Bertz CT molecular complexity index is 736. The summed E-state index contributed by atoms with van der Waals surface area (Å²) in [5.74, 6) is -0.410. The van der Waals surface area contributed by atoms with Crippen LogP contribution in [0.25, 0.3) is 0 Å². The Kier molecular flexibility index (Phi) is 10.8. The van der Waals surface area contributed by atoms with Crippen molar-refractivity contribution >= 4 is 17.7 Å². The molecule has 0 spiro atoms. The zero-order valence-electron chi connectivity index (χ0n) is 19.7. The van der Waals surface area contributed by atoms with E-state index in [0.29, 0.717) is 56.0 Å². The molecular formula is C23H38N2O5. The normalized spacial score (nSPS) is 11.1. The number of hydrogen-bond donors (Lipinski definition) is 0. The van der Waals surface area contributed by atoms with Crippen molar-refractivity contribution in [2.75, 3.05) is 32.9 Å². The molecule has 170 valence electrons. The van der Waals surface area contributed by atoms with Gasteiger partial charge in [-0.1, -0.05) is 13.8 Å². The maximum absolute atomic E-state index is 13.2. The Morgan fingerprint density at radius 3 is 2.27 bits per heavy atom. The number of nitrogens with zero attached hydrogens (tertiary/aromatic N) is 2. The SMILES string of the molecule is CCOCCCN(CC(=O)c1c(C)c(C(=O)OCC)n(CC)c1C)C(=O)CC(C)C. The standard InChI is InChI=1S/C23H38N2O5/c1-8-25-18(7)21(17(6)22(25)23(28)30-10-3)19(26)15-24(12-11-13-29-9-2)20(27)14-16(4)5/h16H,8-15H2,1-7H3. The Morgan fingerprint density at radius 2 is 1.73 bits per heavy atom. The lowest BCUT2D eigenvalue weighted by atomic mass is 10.0. The monoisotopic (exact) mass is 422 g/mol. The van der Waals surface area contributed by atoms with Gasteiger partial charge >= 0.3 is 5.97 Å². The molecule has 0 saturated heterocycles. The fourth-order valence-corrected chi connectivity index (χ4v) is 3.69. The average Bonchev–Trinajstić information content (AvgIpc) is 2.93. The van der Waals surface area contributed by atoms with E-state index < -0.39 is 5.97 Å². The van der Waals surface area contributed by atoms with Gasteiger partial charge in [-0.3, -0.25) is 9.59 Å². The Labute approximate surface area is 180 Å². The lowest BCUT2D eigenvalue weighted by Crippen LogP contribution is -2.37. The first kappa shape index (κ1) is 25.9. The predicted molar refractivity (Wildman–Crippen MR) is 117 cm³/mol. The number of aromatic nitrogens is 1. The van der Waals surface area contributed by atoms with Crippen LogP contribution in [0.3, 0.4) is 0 Å². The molecule has 0 aromatic carbocycles. The Morgan fingerprint density at radius 1 is 1.07 bits per heavy atom. The molecule has 0 atom stereocenters. The van der Waals surface area contributed by atoms with E-state index in [1.165, 1.54) is 0 Å². The van der Waals surface area contributed by atoms with Crippen molar-refractivity contribution in [1.29, 1.82) is 0 Å². The number of carbonyl (C=O) groups excluding carboxylic acids is 3. The van der Waals surface area contributed by atoms with Gasteiger partial charge in [0, 0.05) is 44.0 Å².